The Balaban J connectivity index is 1.85. The number of aromatic nitrogens is 1. The van der Waals surface area contributed by atoms with E-state index in [0.29, 0.717) is 19.5 Å². The highest BCUT2D eigenvalue weighted by Gasteiger charge is 2.20. The highest BCUT2D eigenvalue weighted by Crippen LogP contribution is 2.15. The molecule has 6 heteroatoms. The summed E-state index contributed by atoms with van der Waals surface area (Å²) in [6.45, 7) is 3.02. The van der Waals surface area contributed by atoms with E-state index >= 15 is 0 Å². The highest BCUT2D eigenvalue weighted by atomic mass is 16.5. The Labute approximate surface area is 112 Å². The Kier molecular flexibility index (Phi) is 5.35. The van der Waals surface area contributed by atoms with Crippen molar-refractivity contribution in [1.29, 1.82) is 0 Å². The number of hydrogen-bond acceptors (Lipinski definition) is 6. The maximum Gasteiger partial charge on any atom is 0.306 e. The van der Waals surface area contributed by atoms with Crippen molar-refractivity contribution < 1.29 is 18.8 Å². The molecular weight excluding hydrogens is 248 g/mol. The van der Waals surface area contributed by atoms with E-state index in [-0.39, 0.29) is 12.1 Å². The quantitative estimate of drug-likeness (QED) is 0.693. The molecule has 1 aromatic heterocycles. The number of esters is 1. The summed E-state index contributed by atoms with van der Waals surface area (Å²) < 4.78 is 15.1. The zero-order valence-corrected chi connectivity index (χ0v) is 11.2. The number of hydrogen-bond donors (Lipinski definition) is 0. The molecule has 0 bridgehead atoms. The SMILES string of the molecule is COC(=O)CCN(Cc1cnoc1)CC1CCCO1. The summed E-state index contributed by atoms with van der Waals surface area (Å²) >= 11 is 0. The minimum absolute atomic E-state index is 0.192. The number of carbonyl (C=O) groups excluding carboxylic acids is 1. The zero-order valence-electron chi connectivity index (χ0n) is 11.2. The van der Waals surface area contributed by atoms with Gasteiger partial charge in [0.2, 0.25) is 0 Å². The van der Waals surface area contributed by atoms with Crippen LogP contribution in [0.15, 0.2) is 17.0 Å². The molecule has 2 heterocycles. The molecule has 1 unspecified atom stereocenters. The number of carbonyl (C=O) groups is 1. The van der Waals surface area contributed by atoms with Crippen LogP contribution in [0.25, 0.3) is 0 Å². The fourth-order valence-electron chi connectivity index (χ4n) is 2.23. The van der Waals surface area contributed by atoms with E-state index < -0.39 is 0 Å². The van der Waals surface area contributed by atoms with E-state index in [4.69, 9.17) is 9.26 Å². The highest BCUT2D eigenvalue weighted by molar-refractivity contribution is 5.69. The third-order valence-electron chi connectivity index (χ3n) is 3.24. The van der Waals surface area contributed by atoms with Gasteiger partial charge in [0.25, 0.3) is 0 Å². The summed E-state index contributed by atoms with van der Waals surface area (Å²) in [5.41, 5.74) is 1.00. The average molecular weight is 268 g/mol. The lowest BCUT2D eigenvalue weighted by Gasteiger charge is -2.24. The molecule has 1 atom stereocenters. The monoisotopic (exact) mass is 268 g/mol. The van der Waals surface area contributed by atoms with Gasteiger partial charge in [-0.05, 0) is 12.8 Å². The standard InChI is InChI=1S/C13H20N2O4/c1-17-13(16)4-5-15(8-11-7-14-19-10-11)9-12-3-2-6-18-12/h7,10,12H,2-6,8-9H2,1H3. The number of nitrogens with zero attached hydrogens (tertiary/aromatic N) is 2. The Bertz CT molecular complexity index is 374. The molecule has 1 aliphatic rings. The Hall–Kier alpha value is -1.40. The normalized spacial score (nSPS) is 18.9. The summed E-state index contributed by atoms with van der Waals surface area (Å²) in [6.07, 6.45) is 6.16. The maximum atomic E-state index is 11.2. The first-order valence-electron chi connectivity index (χ1n) is 6.57. The van der Waals surface area contributed by atoms with E-state index in [0.717, 1.165) is 31.6 Å². The third-order valence-corrected chi connectivity index (χ3v) is 3.24. The van der Waals surface area contributed by atoms with Gasteiger partial charge in [0.1, 0.15) is 6.26 Å². The van der Waals surface area contributed by atoms with Crippen molar-refractivity contribution in [2.24, 2.45) is 0 Å². The van der Waals surface area contributed by atoms with Crippen LogP contribution in [0.5, 0.6) is 0 Å². The summed E-state index contributed by atoms with van der Waals surface area (Å²) in [6, 6.07) is 0. The molecule has 0 aliphatic carbocycles. The lowest BCUT2D eigenvalue weighted by Crippen LogP contribution is -2.33. The van der Waals surface area contributed by atoms with E-state index in [9.17, 15) is 4.79 Å². The van der Waals surface area contributed by atoms with Gasteiger partial charge in [-0.25, -0.2) is 0 Å². The fourth-order valence-corrected chi connectivity index (χ4v) is 2.23. The number of methoxy groups -OCH3 is 1. The summed E-state index contributed by atoms with van der Waals surface area (Å²) in [5.74, 6) is -0.192. The smallest absolute Gasteiger partial charge is 0.306 e. The summed E-state index contributed by atoms with van der Waals surface area (Å²) in [4.78, 5) is 13.4. The van der Waals surface area contributed by atoms with Gasteiger partial charge >= 0.3 is 5.97 Å². The second kappa shape index (κ2) is 7.25. The van der Waals surface area contributed by atoms with Gasteiger partial charge in [0, 0.05) is 31.8 Å². The molecule has 19 heavy (non-hydrogen) atoms. The molecule has 6 nitrogen and oxygen atoms in total. The average Bonchev–Trinajstić information content (AvgIpc) is 3.08. The van der Waals surface area contributed by atoms with Crippen molar-refractivity contribution in [1.82, 2.24) is 10.1 Å². The minimum Gasteiger partial charge on any atom is -0.469 e. The van der Waals surface area contributed by atoms with Crippen LogP contribution in [0.3, 0.4) is 0 Å². The first-order chi connectivity index (χ1) is 9.28. The number of ether oxygens (including phenoxy) is 2. The van der Waals surface area contributed by atoms with Crippen molar-refractivity contribution in [3.63, 3.8) is 0 Å². The van der Waals surface area contributed by atoms with E-state index in [1.807, 2.05) is 0 Å². The lowest BCUT2D eigenvalue weighted by molar-refractivity contribution is -0.141. The Morgan fingerprint density at radius 2 is 2.53 bits per heavy atom. The number of rotatable bonds is 7. The van der Waals surface area contributed by atoms with Crippen LogP contribution >= 0.6 is 0 Å². The van der Waals surface area contributed by atoms with Crippen molar-refractivity contribution in [3.8, 4) is 0 Å². The molecule has 1 fully saturated rings. The van der Waals surface area contributed by atoms with Crippen LogP contribution in [-0.2, 0) is 20.8 Å². The van der Waals surface area contributed by atoms with Crippen molar-refractivity contribution in [2.45, 2.75) is 31.9 Å². The van der Waals surface area contributed by atoms with E-state index in [1.165, 1.54) is 7.11 Å². The predicted molar refractivity (Wildman–Crippen MR) is 67.4 cm³/mol. The molecule has 0 radical (unpaired) electrons. The maximum absolute atomic E-state index is 11.2. The predicted octanol–water partition coefficient (Wildman–Crippen LogP) is 1.22. The second-order valence-corrected chi connectivity index (χ2v) is 4.73. The van der Waals surface area contributed by atoms with Crippen LogP contribution in [0.4, 0.5) is 0 Å². The molecule has 1 aromatic rings. The second-order valence-electron chi connectivity index (χ2n) is 4.73. The van der Waals surface area contributed by atoms with Crippen LogP contribution in [-0.4, -0.2) is 48.9 Å². The molecule has 1 saturated heterocycles. The molecule has 1 aliphatic heterocycles. The molecular formula is C13H20N2O4. The van der Waals surface area contributed by atoms with Crippen molar-refractivity contribution in [3.05, 3.63) is 18.0 Å². The van der Waals surface area contributed by atoms with Gasteiger partial charge in [-0.15, -0.1) is 0 Å². The van der Waals surface area contributed by atoms with Gasteiger partial charge in [-0.3, -0.25) is 9.69 Å². The molecule has 0 aromatic carbocycles. The lowest BCUT2D eigenvalue weighted by atomic mass is 10.2. The molecule has 0 saturated carbocycles. The molecule has 0 amide bonds. The van der Waals surface area contributed by atoms with Gasteiger partial charge in [-0.2, -0.15) is 0 Å². The van der Waals surface area contributed by atoms with Crippen LogP contribution < -0.4 is 0 Å². The van der Waals surface area contributed by atoms with Crippen LogP contribution in [0.1, 0.15) is 24.8 Å². The molecule has 2 rings (SSSR count). The summed E-state index contributed by atoms with van der Waals surface area (Å²) in [7, 11) is 1.41. The van der Waals surface area contributed by atoms with Gasteiger partial charge in [-0.1, -0.05) is 5.16 Å². The molecule has 0 N–H and O–H groups in total. The summed E-state index contributed by atoms with van der Waals surface area (Å²) in [5, 5.41) is 3.69. The molecule has 0 spiro atoms. The third kappa shape index (κ3) is 4.65. The first kappa shape index (κ1) is 14.0. The fraction of sp³-hybridized carbons (Fsp3) is 0.692. The Morgan fingerprint density at radius 3 is 3.16 bits per heavy atom. The van der Waals surface area contributed by atoms with Crippen molar-refractivity contribution in [2.75, 3.05) is 26.8 Å². The van der Waals surface area contributed by atoms with E-state index in [2.05, 4.69) is 14.8 Å². The largest absolute Gasteiger partial charge is 0.469 e. The van der Waals surface area contributed by atoms with E-state index in [1.54, 1.807) is 12.5 Å². The first-order valence-corrected chi connectivity index (χ1v) is 6.57. The van der Waals surface area contributed by atoms with Crippen LogP contribution in [0.2, 0.25) is 0 Å². The van der Waals surface area contributed by atoms with Gasteiger partial charge in [0.05, 0.1) is 25.8 Å². The van der Waals surface area contributed by atoms with Gasteiger partial charge in [0.15, 0.2) is 0 Å². The minimum atomic E-state index is -0.192. The van der Waals surface area contributed by atoms with Crippen molar-refractivity contribution >= 4 is 5.97 Å². The van der Waals surface area contributed by atoms with Crippen LogP contribution in [0, 0.1) is 0 Å². The Morgan fingerprint density at radius 1 is 1.63 bits per heavy atom. The zero-order chi connectivity index (χ0) is 13.5. The van der Waals surface area contributed by atoms with Gasteiger partial charge < -0.3 is 14.0 Å². The molecule has 106 valence electrons. The topological polar surface area (TPSA) is 64.8 Å².